The van der Waals surface area contributed by atoms with Crippen LogP contribution in [0.5, 0.6) is 0 Å². The van der Waals surface area contributed by atoms with Crippen LogP contribution in [0.15, 0.2) is 108 Å². The summed E-state index contributed by atoms with van der Waals surface area (Å²) in [6, 6.07) is 0. The molecule has 0 bridgehead atoms. The lowest BCUT2D eigenvalue weighted by atomic mass is 10.1. The minimum absolute atomic E-state index is 1.19. The third-order valence-electron chi connectivity index (χ3n) is 3.03. The van der Waals surface area contributed by atoms with Gasteiger partial charge in [0.05, 0.1) is 25.0 Å². The summed E-state index contributed by atoms with van der Waals surface area (Å²) in [5, 5.41) is 0. The van der Waals surface area contributed by atoms with Gasteiger partial charge in [-0.1, -0.05) is 49.1 Å². The van der Waals surface area contributed by atoms with Crippen molar-refractivity contribution in [3.05, 3.63) is 121 Å². The highest BCUT2D eigenvalue weighted by molar-refractivity contribution is 5.32. The molecule has 0 aliphatic carbocycles. The second-order valence-electron chi connectivity index (χ2n) is 5.55. The first-order valence-corrected chi connectivity index (χ1v) is 8.13. The van der Waals surface area contributed by atoms with Crippen LogP contribution in [0, 0.1) is 12.8 Å². The molecule has 0 fully saturated rings. The van der Waals surface area contributed by atoms with Crippen molar-refractivity contribution >= 4 is 0 Å². The van der Waals surface area contributed by atoms with Gasteiger partial charge in [0.25, 0.3) is 0 Å². The fraction of sp³-hybridized carbons (Fsp3) is 0.167. The molecule has 0 nitrogen and oxygen atoms in total. The Morgan fingerprint density at radius 2 is 1.25 bits per heavy atom. The van der Waals surface area contributed by atoms with E-state index < -0.39 is 0 Å². The lowest BCUT2D eigenvalue weighted by molar-refractivity contribution is 1.40. The first kappa shape index (κ1) is 21.4. The zero-order valence-corrected chi connectivity index (χ0v) is 15.5. The van der Waals surface area contributed by atoms with Crippen molar-refractivity contribution in [2.75, 3.05) is 0 Å². The van der Waals surface area contributed by atoms with E-state index in [9.17, 15) is 0 Å². The van der Waals surface area contributed by atoms with Crippen LogP contribution in [0.4, 0.5) is 0 Å². The van der Waals surface area contributed by atoms with Gasteiger partial charge in [-0.3, -0.25) is 0 Å². The molecule has 0 spiro atoms. The minimum atomic E-state index is 1.19. The molecular formula is C24H30+2. The molecule has 0 radical (unpaired) electrons. The van der Waals surface area contributed by atoms with E-state index in [1.54, 1.807) is 12.2 Å². The first-order chi connectivity index (χ1) is 11.5. The lowest BCUT2D eigenvalue weighted by Crippen LogP contribution is -1.76. The summed E-state index contributed by atoms with van der Waals surface area (Å²) >= 11 is 0. The molecule has 0 N–H and O–H groups in total. The Morgan fingerprint density at radius 3 is 1.88 bits per heavy atom. The smallest absolute Gasteiger partial charge is 0.0991 e. The highest BCUT2D eigenvalue weighted by Crippen LogP contribution is 2.05. The lowest BCUT2D eigenvalue weighted by Gasteiger charge is -1.87. The van der Waals surface area contributed by atoms with Gasteiger partial charge in [0.15, 0.2) is 0 Å². The molecule has 0 heteroatoms. The molecular weight excluding hydrogens is 288 g/mol. The topological polar surface area (TPSA) is 0 Å². The molecule has 0 aromatic carbocycles. The summed E-state index contributed by atoms with van der Waals surface area (Å²) in [6.45, 7) is 15.6. The van der Waals surface area contributed by atoms with Crippen LogP contribution in [0.25, 0.3) is 0 Å². The maximum Gasteiger partial charge on any atom is 0.143 e. The van der Waals surface area contributed by atoms with Crippen LogP contribution in [0.1, 0.15) is 27.7 Å². The molecule has 0 amide bonds. The van der Waals surface area contributed by atoms with E-state index in [1.165, 1.54) is 22.3 Å². The van der Waals surface area contributed by atoms with Crippen molar-refractivity contribution < 1.29 is 0 Å². The Kier molecular flexibility index (Phi) is 12.5. The number of allylic oxidation sites excluding steroid dienone is 16. The predicted molar refractivity (Wildman–Crippen MR) is 111 cm³/mol. The zero-order chi connectivity index (χ0) is 18.2. The van der Waals surface area contributed by atoms with Crippen molar-refractivity contribution in [2.24, 2.45) is 0 Å². The Bertz CT molecular complexity index is 596. The summed E-state index contributed by atoms with van der Waals surface area (Å²) in [6.07, 6.45) is 28.2. The SMILES string of the molecule is C=C/C=C(C)/C=C/C=C(C)/C=C/[CH+]/C=C(\C)[CH+]/C=C/C(C)=C/C=C. The van der Waals surface area contributed by atoms with Gasteiger partial charge in [0.1, 0.15) is 11.6 Å². The number of rotatable bonds is 10. The van der Waals surface area contributed by atoms with Gasteiger partial charge in [0.2, 0.25) is 0 Å². The van der Waals surface area contributed by atoms with Gasteiger partial charge in [-0.25, -0.2) is 0 Å². The second-order valence-corrected chi connectivity index (χ2v) is 5.55. The minimum Gasteiger partial charge on any atom is -0.0991 e. The molecule has 0 rings (SSSR count). The Balaban J connectivity index is 4.34. The van der Waals surface area contributed by atoms with Gasteiger partial charge < -0.3 is 0 Å². The van der Waals surface area contributed by atoms with Crippen LogP contribution in [0.2, 0.25) is 0 Å². The van der Waals surface area contributed by atoms with Gasteiger partial charge in [-0.05, 0) is 32.9 Å². The standard InChI is InChI=1S/C24H30/c1-7-13-21(3)17-11-19-23(5)15-9-10-16-24(6)20-12-18-22(4)14-8-2/h7-20H,1-2H2,3-6H3/q+2/b15-9+,17-11+,18-12+,21-13+,22-14+,23-19+,24-16+. The summed E-state index contributed by atoms with van der Waals surface area (Å²) in [4.78, 5) is 0. The molecule has 0 unspecified atom stereocenters. The maximum absolute atomic E-state index is 3.68. The third kappa shape index (κ3) is 13.1. The van der Waals surface area contributed by atoms with Crippen molar-refractivity contribution in [3.63, 3.8) is 0 Å². The Labute approximate surface area is 149 Å². The second kappa shape index (κ2) is 14.0. The van der Waals surface area contributed by atoms with Crippen LogP contribution in [0.3, 0.4) is 0 Å². The molecule has 24 heavy (non-hydrogen) atoms. The highest BCUT2D eigenvalue weighted by Gasteiger charge is 1.99. The summed E-state index contributed by atoms with van der Waals surface area (Å²) < 4.78 is 0. The van der Waals surface area contributed by atoms with Gasteiger partial charge in [-0.2, -0.15) is 0 Å². The summed E-state index contributed by atoms with van der Waals surface area (Å²) in [5.41, 5.74) is 4.78. The third-order valence-corrected chi connectivity index (χ3v) is 3.03. The predicted octanol–water partition coefficient (Wildman–Crippen LogP) is 7.22. The van der Waals surface area contributed by atoms with E-state index in [4.69, 9.17) is 0 Å². The molecule has 0 aromatic heterocycles. The molecule has 124 valence electrons. The normalized spacial score (nSPS) is 14.7. The van der Waals surface area contributed by atoms with Crippen LogP contribution in [-0.4, -0.2) is 0 Å². The van der Waals surface area contributed by atoms with Crippen LogP contribution < -0.4 is 0 Å². The van der Waals surface area contributed by atoms with E-state index in [2.05, 4.69) is 90.2 Å². The number of hydrogen-bond acceptors (Lipinski definition) is 0. The first-order valence-electron chi connectivity index (χ1n) is 8.13. The van der Waals surface area contributed by atoms with Crippen molar-refractivity contribution in [3.8, 4) is 0 Å². The Hall–Kier alpha value is -2.60. The van der Waals surface area contributed by atoms with Crippen LogP contribution >= 0.6 is 0 Å². The average Bonchev–Trinajstić information content (AvgIpc) is 2.52. The molecule has 0 aliphatic heterocycles. The fourth-order valence-corrected chi connectivity index (χ4v) is 1.71. The van der Waals surface area contributed by atoms with E-state index in [-0.39, 0.29) is 0 Å². The van der Waals surface area contributed by atoms with Gasteiger partial charge in [-0.15, -0.1) is 0 Å². The average molecular weight is 319 g/mol. The van der Waals surface area contributed by atoms with E-state index in [0.717, 1.165) is 0 Å². The van der Waals surface area contributed by atoms with Gasteiger partial charge in [0, 0.05) is 30.2 Å². The monoisotopic (exact) mass is 318 g/mol. The van der Waals surface area contributed by atoms with Crippen molar-refractivity contribution in [1.82, 2.24) is 0 Å². The summed E-state index contributed by atoms with van der Waals surface area (Å²) in [7, 11) is 0. The summed E-state index contributed by atoms with van der Waals surface area (Å²) in [5.74, 6) is 0. The molecule has 0 aliphatic rings. The molecule has 0 heterocycles. The zero-order valence-electron chi connectivity index (χ0n) is 15.5. The number of hydrogen-bond donors (Lipinski definition) is 0. The van der Waals surface area contributed by atoms with Crippen molar-refractivity contribution in [1.29, 1.82) is 0 Å². The van der Waals surface area contributed by atoms with Gasteiger partial charge >= 0.3 is 0 Å². The van der Waals surface area contributed by atoms with Crippen LogP contribution in [-0.2, 0) is 0 Å². The molecule has 0 saturated heterocycles. The fourth-order valence-electron chi connectivity index (χ4n) is 1.71. The maximum atomic E-state index is 3.68. The van der Waals surface area contributed by atoms with E-state index in [0.29, 0.717) is 0 Å². The molecule has 0 aromatic rings. The Morgan fingerprint density at radius 1 is 0.708 bits per heavy atom. The highest BCUT2D eigenvalue weighted by atomic mass is 13.9. The van der Waals surface area contributed by atoms with E-state index >= 15 is 0 Å². The largest absolute Gasteiger partial charge is 0.143 e. The molecule has 0 saturated carbocycles. The quantitative estimate of drug-likeness (QED) is 0.294. The molecule has 0 atom stereocenters. The van der Waals surface area contributed by atoms with E-state index in [1.807, 2.05) is 24.3 Å². The van der Waals surface area contributed by atoms with Crippen molar-refractivity contribution in [2.45, 2.75) is 27.7 Å².